The quantitative estimate of drug-likeness (QED) is 0.430. The largest absolute Gasteiger partial charge is 0.394 e. The van der Waals surface area contributed by atoms with E-state index in [0.717, 1.165) is 0 Å². The first-order valence-electron chi connectivity index (χ1n) is 4.87. The molecule has 1 saturated carbocycles. The fraction of sp³-hybridized carbons (Fsp3) is 0.889. The maximum atomic E-state index is 9.16. The molecule has 1 rings (SSSR count). The Morgan fingerprint density at radius 2 is 2.23 bits per heavy atom. The number of nitrogens with one attached hydrogen (secondary N) is 1. The van der Waals surface area contributed by atoms with Crippen LogP contribution in [0.5, 0.6) is 0 Å². The highest BCUT2D eigenvalue weighted by Crippen LogP contribution is 2.27. The van der Waals surface area contributed by atoms with E-state index >= 15 is 0 Å². The predicted octanol–water partition coefficient (Wildman–Crippen LogP) is 0.0716. The summed E-state index contributed by atoms with van der Waals surface area (Å²) in [4.78, 5) is 3.82. The molecule has 0 aromatic carbocycles. The molecule has 1 aliphatic rings. The Kier molecular flexibility index (Phi) is 4.02. The Balaban J connectivity index is 2.41. The van der Waals surface area contributed by atoms with Crippen LogP contribution in [0.3, 0.4) is 0 Å². The Morgan fingerprint density at radius 1 is 1.62 bits per heavy atom. The molecule has 4 heteroatoms. The fourth-order valence-electron chi connectivity index (χ4n) is 1.93. The van der Waals surface area contributed by atoms with Crippen molar-refractivity contribution in [1.82, 2.24) is 5.32 Å². The van der Waals surface area contributed by atoms with Gasteiger partial charge in [-0.3, -0.25) is 4.99 Å². The molecule has 1 unspecified atom stereocenters. The number of nitrogens with zero attached hydrogens (tertiary/aromatic N) is 1. The monoisotopic (exact) mass is 185 g/mol. The van der Waals surface area contributed by atoms with Gasteiger partial charge in [-0.15, -0.1) is 0 Å². The molecule has 0 aliphatic heterocycles. The molecule has 0 bridgehead atoms. The Morgan fingerprint density at radius 3 is 2.69 bits per heavy atom. The van der Waals surface area contributed by atoms with Crippen LogP contribution in [0, 0.1) is 5.92 Å². The maximum absolute atomic E-state index is 9.16. The molecule has 4 N–H and O–H groups in total. The minimum Gasteiger partial charge on any atom is -0.394 e. The summed E-state index contributed by atoms with van der Waals surface area (Å²) < 4.78 is 0. The third-order valence-corrected chi connectivity index (χ3v) is 2.74. The molecule has 4 nitrogen and oxygen atoms in total. The van der Waals surface area contributed by atoms with Crippen LogP contribution < -0.4 is 11.1 Å². The van der Waals surface area contributed by atoms with Crippen molar-refractivity contribution in [1.29, 1.82) is 0 Å². The number of guanidine groups is 1. The smallest absolute Gasteiger partial charge is 0.188 e. The predicted molar refractivity (Wildman–Crippen MR) is 53.5 cm³/mol. The zero-order chi connectivity index (χ0) is 9.68. The van der Waals surface area contributed by atoms with Crippen LogP contribution >= 0.6 is 0 Å². The van der Waals surface area contributed by atoms with E-state index in [4.69, 9.17) is 10.8 Å². The zero-order valence-corrected chi connectivity index (χ0v) is 8.16. The first kappa shape index (κ1) is 10.3. The number of aliphatic imine (C=N–C) groups is 1. The third kappa shape index (κ3) is 2.88. The SMILES string of the molecule is CN=C(N)NC(CO)C1CCCC1. The van der Waals surface area contributed by atoms with Gasteiger partial charge in [0.05, 0.1) is 12.6 Å². The van der Waals surface area contributed by atoms with E-state index in [1.165, 1.54) is 25.7 Å². The van der Waals surface area contributed by atoms with Gasteiger partial charge >= 0.3 is 0 Å². The second-order valence-corrected chi connectivity index (χ2v) is 3.59. The van der Waals surface area contributed by atoms with E-state index in [-0.39, 0.29) is 12.6 Å². The van der Waals surface area contributed by atoms with Crippen LogP contribution in [0.1, 0.15) is 25.7 Å². The highest BCUT2D eigenvalue weighted by atomic mass is 16.3. The molecule has 13 heavy (non-hydrogen) atoms. The summed E-state index contributed by atoms with van der Waals surface area (Å²) in [5.74, 6) is 0.983. The highest BCUT2D eigenvalue weighted by Gasteiger charge is 2.24. The third-order valence-electron chi connectivity index (χ3n) is 2.74. The lowest BCUT2D eigenvalue weighted by Gasteiger charge is -2.22. The molecule has 1 aliphatic carbocycles. The van der Waals surface area contributed by atoms with Crippen LogP contribution in [0.2, 0.25) is 0 Å². The van der Waals surface area contributed by atoms with Gasteiger partial charge in [-0.1, -0.05) is 12.8 Å². The van der Waals surface area contributed by atoms with Gasteiger partial charge in [0.2, 0.25) is 0 Å². The van der Waals surface area contributed by atoms with E-state index in [9.17, 15) is 0 Å². The van der Waals surface area contributed by atoms with E-state index < -0.39 is 0 Å². The van der Waals surface area contributed by atoms with Gasteiger partial charge in [-0.05, 0) is 18.8 Å². The fourth-order valence-corrected chi connectivity index (χ4v) is 1.93. The molecule has 0 radical (unpaired) electrons. The Labute approximate surface area is 79.2 Å². The first-order valence-corrected chi connectivity index (χ1v) is 4.87. The molecule has 0 spiro atoms. The molecule has 0 aromatic heterocycles. The highest BCUT2D eigenvalue weighted by molar-refractivity contribution is 5.77. The summed E-state index contributed by atoms with van der Waals surface area (Å²) in [7, 11) is 1.64. The van der Waals surface area contributed by atoms with E-state index in [1.807, 2.05) is 0 Å². The normalized spacial score (nSPS) is 21.8. The molecule has 0 aromatic rings. The lowest BCUT2D eigenvalue weighted by Crippen LogP contribution is -2.45. The second-order valence-electron chi connectivity index (χ2n) is 3.59. The summed E-state index contributed by atoms with van der Waals surface area (Å²) >= 11 is 0. The van der Waals surface area contributed by atoms with Crippen molar-refractivity contribution >= 4 is 5.96 Å². The van der Waals surface area contributed by atoms with Crippen molar-refractivity contribution in [3.8, 4) is 0 Å². The second kappa shape index (κ2) is 5.07. The van der Waals surface area contributed by atoms with Gasteiger partial charge in [0, 0.05) is 7.05 Å². The molecule has 1 atom stereocenters. The van der Waals surface area contributed by atoms with Crippen molar-refractivity contribution in [2.75, 3.05) is 13.7 Å². The molecular formula is C9H19N3O. The molecule has 76 valence electrons. The van der Waals surface area contributed by atoms with Gasteiger partial charge in [-0.25, -0.2) is 0 Å². The van der Waals surface area contributed by atoms with Crippen molar-refractivity contribution < 1.29 is 5.11 Å². The molecular weight excluding hydrogens is 166 g/mol. The number of rotatable bonds is 3. The van der Waals surface area contributed by atoms with E-state index in [2.05, 4.69) is 10.3 Å². The number of hydrogen-bond acceptors (Lipinski definition) is 2. The van der Waals surface area contributed by atoms with Crippen LogP contribution in [0.15, 0.2) is 4.99 Å². The van der Waals surface area contributed by atoms with Crippen molar-refractivity contribution in [3.05, 3.63) is 0 Å². The first-order chi connectivity index (χ1) is 6.27. The summed E-state index contributed by atoms with van der Waals surface area (Å²) in [6.45, 7) is 0.140. The van der Waals surface area contributed by atoms with Crippen LogP contribution in [-0.2, 0) is 0 Å². The van der Waals surface area contributed by atoms with Crippen molar-refractivity contribution in [2.24, 2.45) is 16.6 Å². The van der Waals surface area contributed by atoms with Gasteiger partial charge in [-0.2, -0.15) is 0 Å². The van der Waals surface area contributed by atoms with E-state index in [0.29, 0.717) is 11.9 Å². The summed E-state index contributed by atoms with van der Waals surface area (Å²) in [5.41, 5.74) is 5.54. The van der Waals surface area contributed by atoms with Gasteiger partial charge in [0.1, 0.15) is 0 Å². The molecule has 0 saturated heterocycles. The standard InChI is InChI=1S/C9H19N3O/c1-11-9(10)12-8(6-13)7-4-2-3-5-7/h7-8,13H,2-6H2,1H3,(H3,10,11,12). The van der Waals surface area contributed by atoms with Crippen molar-refractivity contribution in [2.45, 2.75) is 31.7 Å². The Hall–Kier alpha value is -0.770. The minimum atomic E-state index is 0.0891. The summed E-state index contributed by atoms with van der Waals surface area (Å²) in [6, 6.07) is 0.0891. The van der Waals surface area contributed by atoms with Crippen LogP contribution in [0.25, 0.3) is 0 Å². The summed E-state index contributed by atoms with van der Waals surface area (Å²) in [6.07, 6.45) is 4.92. The Bertz CT molecular complexity index is 176. The molecule has 1 fully saturated rings. The number of nitrogens with two attached hydrogens (primary N) is 1. The van der Waals surface area contributed by atoms with Gasteiger partial charge in [0.25, 0.3) is 0 Å². The lowest BCUT2D eigenvalue weighted by molar-refractivity contribution is 0.214. The lowest BCUT2D eigenvalue weighted by atomic mass is 9.99. The van der Waals surface area contributed by atoms with Crippen LogP contribution in [0.4, 0.5) is 0 Å². The number of aliphatic hydroxyl groups is 1. The maximum Gasteiger partial charge on any atom is 0.188 e. The zero-order valence-electron chi connectivity index (χ0n) is 8.16. The summed E-state index contributed by atoms with van der Waals surface area (Å²) in [5, 5.41) is 12.2. The average Bonchev–Trinajstić information content (AvgIpc) is 2.66. The topological polar surface area (TPSA) is 70.6 Å². The van der Waals surface area contributed by atoms with Gasteiger partial charge in [0.15, 0.2) is 5.96 Å². The van der Waals surface area contributed by atoms with Crippen LogP contribution in [-0.4, -0.2) is 30.8 Å². The van der Waals surface area contributed by atoms with Crippen molar-refractivity contribution in [3.63, 3.8) is 0 Å². The number of aliphatic hydroxyl groups excluding tert-OH is 1. The van der Waals surface area contributed by atoms with E-state index in [1.54, 1.807) is 7.05 Å². The molecule has 0 heterocycles. The average molecular weight is 185 g/mol. The van der Waals surface area contributed by atoms with Gasteiger partial charge < -0.3 is 16.2 Å². The minimum absolute atomic E-state index is 0.0891. The number of hydrogen-bond donors (Lipinski definition) is 3. The molecule has 0 amide bonds.